The molecule has 1 fully saturated rings. The van der Waals surface area contributed by atoms with Crippen LogP contribution in [0.15, 0.2) is 43.8 Å². The van der Waals surface area contributed by atoms with E-state index in [1.54, 1.807) is 22.3 Å². The number of hydrogen-bond donors (Lipinski definition) is 0. The molecular formula is C18H25Cl2Zr. The molecule has 0 aliphatic heterocycles. The van der Waals surface area contributed by atoms with Crippen molar-refractivity contribution in [1.82, 2.24) is 0 Å². The maximum absolute atomic E-state index is 2.38. The summed E-state index contributed by atoms with van der Waals surface area (Å²) in [6.45, 7) is 4.73. The van der Waals surface area contributed by atoms with Crippen LogP contribution < -0.4 is 0 Å². The van der Waals surface area contributed by atoms with E-state index in [2.05, 4.69) is 32.1 Å². The minimum Gasteiger partial charge on any atom is -0.147 e. The first-order valence-electron chi connectivity index (χ1n) is 7.63. The Balaban J connectivity index is 0.00000110. The largest absolute Gasteiger partial charge is 0.147 e. The number of halogens is 2. The first-order valence-corrected chi connectivity index (χ1v) is 10.1. The van der Waals surface area contributed by atoms with Crippen LogP contribution in [-0.4, -0.2) is 3.21 Å². The van der Waals surface area contributed by atoms with Crippen LogP contribution >= 0.6 is 24.8 Å². The zero-order valence-electron chi connectivity index (χ0n) is 13.0. The summed E-state index contributed by atoms with van der Waals surface area (Å²) in [5.41, 5.74) is 6.50. The van der Waals surface area contributed by atoms with E-state index in [9.17, 15) is 0 Å². The van der Waals surface area contributed by atoms with Crippen molar-refractivity contribution >= 4 is 28.0 Å². The number of allylic oxidation sites excluding steroid dienone is 8. The van der Waals surface area contributed by atoms with Gasteiger partial charge in [-0.05, 0) is 0 Å². The van der Waals surface area contributed by atoms with Crippen LogP contribution in [0.1, 0.15) is 58.8 Å². The van der Waals surface area contributed by atoms with Crippen LogP contribution in [0, 0.1) is 0 Å². The van der Waals surface area contributed by atoms with E-state index in [-0.39, 0.29) is 24.8 Å². The maximum Gasteiger partial charge on any atom is -0.147 e. The van der Waals surface area contributed by atoms with Gasteiger partial charge in [-0.15, -0.1) is 24.8 Å². The average molecular weight is 404 g/mol. The molecule has 3 rings (SSSR count). The predicted octanol–water partition coefficient (Wildman–Crippen LogP) is 5.93. The Labute approximate surface area is 152 Å². The molecule has 0 aromatic heterocycles. The van der Waals surface area contributed by atoms with Gasteiger partial charge in [0.05, 0.1) is 0 Å². The standard InChI is InChI=1S/C12H13.C6H10.2ClH.Zr/c1-9-7-8-12(10(9)2)11-5-3-4-6-11;1-2-4-6-5-3-1;;;/h3-5H,6,8H2,1-2H3;1-5H2;2*1H;. The summed E-state index contributed by atoms with van der Waals surface area (Å²) in [7, 11) is 0. The Bertz CT molecular complexity index is 540. The third-order valence-electron chi connectivity index (χ3n) is 4.77. The molecule has 115 valence electrons. The van der Waals surface area contributed by atoms with Crippen LogP contribution in [0.25, 0.3) is 0 Å². The van der Waals surface area contributed by atoms with Crippen LogP contribution in [-0.2, 0) is 22.8 Å². The summed E-state index contributed by atoms with van der Waals surface area (Å²) < 4.78 is 3.86. The van der Waals surface area contributed by atoms with Crippen LogP contribution in [0.4, 0.5) is 0 Å². The van der Waals surface area contributed by atoms with Crippen molar-refractivity contribution in [2.24, 2.45) is 0 Å². The van der Waals surface area contributed by atoms with Crippen molar-refractivity contribution in [1.29, 1.82) is 0 Å². The Morgan fingerprint density at radius 2 is 1.67 bits per heavy atom. The van der Waals surface area contributed by atoms with E-state index in [0.717, 1.165) is 6.42 Å². The molecule has 0 amide bonds. The van der Waals surface area contributed by atoms with E-state index >= 15 is 0 Å². The first-order chi connectivity index (χ1) is 9.25. The van der Waals surface area contributed by atoms with Crippen molar-refractivity contribution in [3.63, 3.8) is 0 Å². The van der Waals surface area contributed by atoms with Gasteiger partial charge in [0.25, 0.3) is 0 Å². The van der Waals surface area contributed by atoms with Gasteiger partial charge < -0.3 is 0 Å². The molecule has 0 heterocycles. The third-order valence-corrected chi connectivity index (χ3v) is 8.96. The van der Waals surface area contributed by atoms with Gasteiger partial charge in [-0.3, -0.25) is 0 Å². The zero-order chi connectivity index (χ0) is 13.2. The van der Waals surface area contributed by atoms with Crippen molar-refractivity contribution in [3.8, 4) is 0 Å². The molecule has 0 spiro atoms. The molecule has 3 heteroatoms. The van der Waals surface area contributed by atoms with Crippen molar-refractivity contribution in [2.45, 2.75) is 58.8 Å². The molecule has 3 aliphatic rings. The van der Waals surface area contributed by atoms with Crippen molar-refractivity contribution < 1.29 is 22.8 Å². The van der Waals surface area contributed by atoms with Gasteiger partial charge in [0.1, 0.15) is 0 Å². The molecule has 3 aliphatic carbocycles. The second kappa shape index (κ2) is 8.80. The van der Waals surface area contributed by atoms with E-state index < -0.39 is 22.8 Å². The zero-order valence-corrected chi connectivity index (χ0v) is 17.1. The van der Waals surface area contributed by atoms with Gasteiger partial charge in [-0.25, -0.2) is 0 Å². The van der Waals surface area contributed by atoms with Gasteiger partial charge in [-0.2, -0.15) is 0 Å². The number of hydrogen-bond acceptors (Lipinski definition) is 0. The molecule has 1 saturated carbocycles. The SMILES string of the molecule is CC1=[C]([Zr]=[C]2CCCCC2)CC(C2=CC=CC2)=C1C.Cl.Cl. The van der Waals surface area contributed by atoms with Gasteiger partial charge in [0.2, 0.25) is 0 Å². The maximum atomic E-state index is 2.38. The van der Waals surface area contributed by atoms with E-state index in [1.165, 1.54) is 38.5 Å². The molecule has 0 atom stereocenters. The monoisotopic (exact) mass is 401 g/mol. The molecule has 0 bridgehead atoms. The van der Waals surface area contributed by atoms with Gasteiger partial charge in [0, 0.05) is 0 Å². The predicted molar refractivity (Wildman–Crippen MR) is 94.4 cm³/mol. The smallest absolute Gasteiger partial charge is 0.147 e. The van der Waals surface area contributed by atoms with Gasteiger partial charge >= 0.3 is 129 Å². The fourth-order valence-corrected chi connectivity index (χ4v) is 7.48. The van der Waals surface area contributed by atoms with Gasteiger partial charge in [-0.1, -0.05) is 0 Å². The minimum absolute atomic E-state index is 0. The Morgan fingerprint density at radius 3 is 2.29 bits per heavy atom. The molecule has 0 unspecified atom stereocenters. The quantitative estimate of drug-likeness (QED) is 0.536. The molecular weight excluding hydrogens is 378 g/mol. The summed E-state index contributed by atoms with van der Waals surface area (Å²) in [4.78, 5) is 0. The van der Waals surface area contributed by atoms with Crippen molar-refractivity contribution in [3.05, 3.63) is 43.8 Å². The Hall–Kier alpha value is 0.293. The second-order valence-electron chi connectivity index (χ2n) is 6.00. The molecule has 0 radical (unpaired) electrons. The fraction of sp³-hybridized carbons (Fsp3) is 0.500. The van der Waals surface area contributed by atoms with Crippen LogP contribution in [0.3, 0.4) is 0 Å². The summed E-state index contributed by atoms with van der Waals surface area (Å²) in [6.07, 6.45) is 16.6. The summed E-state index contributed by atoms with van der Waals surface area (Å²) in [5.74, 6) is 0. The topological polar surface area (TPSA) is 0 Å². The number of rotatable bonds is 2. The normalized spacial score (nSPS) is 21.0. The second-order valence-corrected chi connectivity index (χ2v) is 9.83. The van der Waals surface area contributed by atoms with Crippen LogP contribution in [0.5, 0.6) is 0 Å². The van der Waals surface area contributed by atoms with Gasteiger partial charge in [0.15, 0.2) is 0 Å². The molecule has 21 heavy (non-hydrogen) atoms. The van der Waals surface area contributed by atoms with E-state index in [1.807, 2.05) is 6.49 Å². The molecule has 0 aromatic carbocycles. The molecule has 0 saturated heterocycles. The summed E-state index contributed by atoms with van der Waals surface area (Å²) >= 11 is -0.397. The Kier molecular flexibility index (Phi) is 8.11. The van der Waals surface area contributed by atoms with Crippen molar-refractivity contribution in [2.75, 3.05) is 0 Å². The summed E-state index contributed by atoms with van der Waals surface area (Å²) in [5, 5.41) is 0. The van der Waals surface area contributed by atoms with Crippen LogP contribution in [0.2, 0.25) is 0 Å². The third kappa shape index (κ3) is 4.40. The summed E-state index contributed by atoms with van der Waals surface area (Å²) in [6, 6.07) is 0. The molecule has 0 N–H and O–H groups in total. The Morgan fingerprint density at radius 1 is 0.952 bits per heavy atom. The van der Waals surface area contributed by atoms with E-state index in [4.69, 9.17) is 0 Å². The molecule has 0 aromatic rings. The van der Waals surface area contributed by atoms with E-state index in [0.29, 0.717) is 0 Å². The first kappa shape index (κ1) is 19.3. The minimum atomic E-state index is -0.397. The average Bonchev–Trinajstić information content (AvgIpc) is 3.04. The molecule has 0 nitrogen and oxygen atoms in total. The fourth-order valence-electron chi connectivity index (χ4n) is 3.37.